The van der Waals surface area contributed by atoms with Crippen molar-refractivity contribution in [1.29, 1.82) is 0 Å². The molecule has 0 saturated carbocycles. The summed E-state index contributed by atoms with van der Waals surface area (Å²) in [4.78, 5) is 37.4. The first kappa shape index (κ1) is 64.7. The fourth-order valence-electron chi connectivity index (χ4n) is 6.71. The SMILES string of the molecule is CC/C=C\C/C=C\C/C=C\C/C=C\C/C=C\C/C=C\C/C=C\C/C=C\C/C=C\CCCCCCCCCCCC(=O)OC(COC(=O)CCCCCCCCC)COP(=O)([O-])OCC[N+](C)(C)C. The molecule has 388 valence electrons. The highest BCUT2D eigenvalue weighted by atomic mass is 31.2. The first-order chi connectivity index (χ1) is 33.0. The molecule has 10 heteroatoms. The first-order valence-corrected chi connectivity index (χ1v) is 28.1. The van der Waals surface area contributed by atoms with Crippen molar-refractivity contribution in [2.24, 2.45) is 0 Å². The molecule has 2 atom stereocenters. The van der Waals surface area contributed by atoms with E-state index in [4.69, 9.17) is 18.5 Å². The third-order valence-corrected chi connectivity index (χ3v) is 11.8. The van der Waals surface area contributed by atoms with Gasteiger partial charge < -0.3 is 27.9 Å². The summed E-state index contributed by atoms with van der Waals surface area (Å²) < 4.78 is 33.8. The van der Waals surface area contributed by atoms with Crippen LogP contribution in [0.5, 0.6) is 0 Å². The molecule has 0 spiro atoms. The van der Waals surface area contributed by atoms with Gasteiger partial charge in [-0.1, -0.05) is 207 Å². The fraction of sp³-hybridized carbons (Fsp3) is 0.655. The van der Waals surface area contributed by atoms with E-state index in [1.807, 2.05) is 21.1 Å². The summed E-state index contributed by atoms with van der Waals surface area (Å²) in [5, 5.41) is 0. The minimum atomic E-state index is -4.63. The molecule has 0 amide bonds. The van der Waals surface area contributed by atoms with Gasteiger partial charge in [0.05, 0.1) is 27.7 Å². The highest BCUT2D eigenvalue weighted by molar-refractivity contribution is 7.45. The number of ether oxygens (including phenoxy) is 2. The number of likely N-dealkylation sites (N-methyl/N-ethyl adjacent to an activating group) is 1. The number of phosphoric acid groups is 1. The molecule has 9 nitrogen and oxygen atoms in total. The van der Waals surface area contributed by atoms with Crippen molar-refractivity contribution < 1.29 is 42.1 Å². The maximum atomic E-state index is 12.7. The number of unbranched alkanes of at least 4 members (excludes halogenated alkanes) is 15. The van der Waals surface area contributed by atoms with Crippen LogP contribution in [0.2, 0.25) is 0 Å². The topological polar surface area (TPSA) is 111 Å². The Bertz CT molecular complexity index is 1520. The largest absolute Gasteiger partial charge is 0.756 e. The lowest BCUT2D eigenvalue weighted by Gasteiger charge is -2.28. The molecule has 0 aliphatic carbocycles. The molecule has 0 aliphatic rings. The van der Waals surface area contributed by atoms with E-state index >= 15 is 0 Å². The highest BCUT2D eigenvalue weighted by Crippen LogP contribution is 2.38. The van der Waals surface area contributed by atoms with Crippen molar-refractivity contribution in [3.8, 4) is 0 Å². The quantitative estimate of drug-likeness (QED) is 0.0195. The molecule has 2 unspecified atom stereocenters. The number of carbonyl (C=O) groups is 2. The molecule has 68 heavy (non-hydrogen) atoms. The molecule has 0 radical (unpaired) electrons. The summed E-state index contributed by atoms with van der Waals surface area (Å²) in [6, 6.07) is 0. The summed E-state index contributed by atoms with van der Waals surface area (Å²) in [7, 11) is 1.15. The van der Waals surface area contributed by atoms with E-state index < -0.39 is 32.5 Å². The van der Waals surface area contributed by atoms with Gasteiger partial charge in [-0.25, -0.2) is 0 Å². The molecule has 0 N–H and O–H groups in total. The minimum Gasteiger partial charge on any atom is -0.756 e. The van der Waals surface area contributed by atoms with Crippen LogP contribution in [0.15, 0.2) is 109 Å². The number of carbonyl (C=O) groups excluding carboxylic acids is 2. The van der Waals surface area contributed by atoms with Crippen LogP contribution in [0.4, 0.5) is 0 Å². The Morgan fingerprint density at radius 2 is 0.838 bits per heavy atom. The number of allylic oxidation sites excluding steroid dienone is 18. The number of quaternary nitrogens is 1. The fourth-order valence-corrected chi connectivity index (χ4v) is 7.43. The average Bonchev–Trinajstić information content (AvgIpc) is 3.30. The zero-order valence-electron chi connectivity index (χ0n) is 43.8. The molecule has 0 aromatic carbocycles. The second kappa shape index (κ2) is 48.7. The number of rotatable bonds is 47. The lowest BCUT2D eigenvalue weighted by Crippen LogP contribution is -2.37. The molecular formula is C58H98NO8P. The number of hydrogen-bond acceptors (Lipinski definition) is 8. The van der Waals surface area contributed by atoms with Gasteiger partial charge in [-0.05, 0) is 83.5 Å². The maximum absolute atomic E-state index is 12.7. The number of phosphoric ester groups is 1. The van der Waals surface area contributed by atoms with E-state index in [-0.39, 0.29) is 26.1 Å². The van der Waals surface area contributed by atoms with E-state index in [2.05, 4.69) is 123 Å². The van der Waals surface area contributed by atoms with Gasteiger partial charge in [0.1, 0.15) is 19.8 Å². The van der Waals surface area contributed by atoms with Crippen molar-refractivity contribution in [2.75, 3.05) is 47.5 Å². The molecular weight excluding hydrogens is 870 g/mol. The Balaban J connectivity index is 4.04. The monoisotopic (exact) mass is 968 g/mol. The molecule has 0 bridgehead atoms. The van der Waals surface area contributed by atoms with E-state index in [1.54, 1.807) is 0 Å². The number of nitrogens with zero attached hydrogens (tertiary/aromatic N) is 1. The third kappa shape index (κ3) is 52.0. The smallest absolute Gasteiger partial charge is 0.306 e. The normalized spacial score (nSPS) is 14.3. The van der Waals surface area contributed by atoms with E-state index in [9.17, 15) is 19.0 Å². The number of hydrogen-bond donors (Lipinski definition) is 0. The van der Waals surface area contributed by atoms with Crippen molar-refractivity contribution in [1.82, 2.24) is 0 Å². The Morgan fingerprint density at radius 1 is 0.471 bits per heavy atom. The van der Waals surface area contributed by atoms with Crippen molar-refractivity contribution >= 4 is 19.8 Å². The molecule has 0 rings (SSSR count). The zero-order valence-corrected chi connectivity index (χ0v) is 44.7. The molecule has 0 saturated heterocycles. The Hall–Kier alpha value is -3.33. The second-order valence-electron chi connectivity index (χ2n) is 18.5. The van der Waals surface area contributed by atoms with Gasteiger partial charge in [-0.2, -0.15) is 0 Å². The molecule has 0 aromatic rings. The lowest BCUT2D eigenvalue weighted by molar-refractivity contribution is -0.870. The lowest BCUT2D eigenvalue weighted by atomic mass is 10.1. The molecule has 0 heterocycles. The average molecular weight is 968 g/mol. The van der Waals surface area contributed by atoms with Crippen LogP contribution in [0.25, 0.3) is 0 Å². The van der Waals surface area contributed by atoms with E-state index in [0.717, 1.165) is 109 Å². The van der Waals surface area contributed by atoms with Gasteiger partial charge in [0.15, 0.2) is 6.10 Å². The second-order valence-corrected chi connectivity index (χ2v) is 19.9. The van der Waals surface area contributed by atoms with Crippen LogP contribution in [0.1, 0.15) is 194 Å². The Morgan fingerprint density at radius 3 is 1.25 bits per heavy atom. The van der Waals surface area contributed by atoms with Crippen molar-refractivity contribution in [3.63, 3.8) is 0 Å². The van der Waals surface area contributed by atoms with Crippen molar-refractivity contribution in [3.05, 3.63) is 109 Å². The van der Waals surface area contributed by atoms with E-state index in [1.165, 1.54) is 51.4 Å². The Kier molecular flexibility index (Phi) is 46.3. The molecule has 0 aromatic heterocycles. The first-order valence-electron chi connectivity index (χ1n) is 26.6. The summed E-state index contributed by atoms with van der Waals surface area (Å²) in [5.41, 5.74) is 0. The Labute approximate surface area is 416 Å². The van der Waals surface area contributed by atoms with Crippen LogP contribution in [0.3, 0.4) is 0 Å². The molecule has 0 fully saturated rings. The van der Waals surface area contributed by atoms with Crippen LogP contribution >= 0.6 is 7.82 Å². The van der Waals surface area contributed by atoms with Gasteiger partial charge in [0.25, 0.3) is 7.82 Å². The highest BCUT2D eigenvalue weighted by Gasteiger charge is 2.21. The predicted octanol–water partition coefficient (Wildman–Crippen LogP) is 15.6. The van der Waals surface area contributed by atoms with Gasteiger partial charge >= 0.3 is 11.9 Å². The summed E-state index contributed by atoms with van der Waals surface area (Å²) in [6.45, 7) is 4.04. The predicted molar refractivity (Wildman–Crippen MR) is 286 cm³/mol. The maximum Gasteiger partial charge on any atom is 0.306 e. The van der Waals surface area contributed by atoms with Gasteiger partial charge in [-0.15, -0.1) is 0 Å². The summed E-state index contributed by atoms with van der Waals surface area (Å²) >= 11 is 0. The van der Waals surface area contributed by atoms with Gasteiger partial charge in [-0.3, -0.25) is 14.2 Å². The standard InChI is InChI=1S/C58H98NO8P/c1-6-8-10-12-14-15-16-17-18-19-20-21-22-23-24-25-26-27-28-29-30-31-32-33-34-35-36-37-38-39-40-41-42-43-45-47-49-51-58(61)67-56(55-66-68(62,63)65-53-52-59(3,4)5)54-64-57(60)50-48-46-44-13-11-9-7-2/h8,10,14-15,17-18,20-21,23-24,26-27,29-30,32-33,35-36,56H,6-7,9,11-13,16,19,22,25,28,31,34,37-55H2,1-5H3/b10-8-,15-14-,18-17-,21-20-,24-23-,27-26-,30-29-,33-32-,36-35-. The van der Waals surface area contributed by atoms with Gasteiger partial charge in [0, 0.05) is 12.8 Å². The van der Waals surface area contributed by atoms with Crippen LogP contribution < -0.4 is 4.89 Å². The zero-order chi connectivity index (χ0) is 49.9. The minimum absolute atomic E-state index is 0.0361. The van der Waals surface area contributed by atoms with E-state index in [0.29, 0.717) is 17.4 Å². The molecule has 0 aliphatic heterocycles. The number of esters is 2. The van der Waals surface area contributed by atoms with Crippen LogP contribution in [-0.2, 0) is 32.7 Å². The summed E-state index contributed by atoms with van der Waals surface area (Å²) in [6.07, 6.45) is 67.4. The van der Waals surface area contributed by atoms with Gasteiger partial charge in [0.2, 0.25) is 0 Å². The third-order valence-electron chi connectivity index (χ3n) is 10.8. The summed E-state index contributed by atoms with van der Waals surface area (Å²) in [5.74, 6) is -0.855. The van der Waals surface area contributed by atoms with Crippen LogP contribution in [-0.4, -0.2) is 70.0 Å². The van der Waals surface area contributed by atoms with Crippen molar-refractivity contribution in [2.45, 2.75) is 200 Å². The van der Waals surface area contributed by atoms with Crippen LogP contribution in [0, 0.1) is 0 Å².